The maximum Gasteiger partial charge on any atom is 0.391 e. The van der Waals surface area contributed by atoms with Gasteiger partial charge in [0.25, 0.3) is 0 Å². The lowest BCUT2D eigenvalue weighted by Crippen LogP contribution is -2.49. The molecule has 31 heavy (non-hydrogen) atoms. The average Bonchev–Trinajstić information content (AvgIpc) is 3.09. The zero-order valence-corrected chi connectivity index (χ0v) is 18.8. The molecule has 0 bridgehead atoms. The second-order valence-corrected chi connectivity index (χ2v) is 10.6. The first-order valence-electron chi connectivity index (χ1n) is 12.1. The Morgan fingerprint density at radius 3 is 2.32 bits per heavy atom. The number of aromatic nitrogens is 3. The van der Waals surface area contributed by atoms with Crippen molar-refractivity contribution in [3.05, 3.63) is 11.6 Å². The minimum Gasteiger partial charge on any atom is -0.379 e. The molecular formula is C23H35F3N4O. The van der Waals surface area contributed by atoms with Crippen molar-refractivity contribution in [2.24, 2.45) is 17.8 Å². The van der Waals surface area contributed by atoms with E-state index in [4.69, 9.17) is 14.8 Å². The summed E-state index contributed by atoms with van der Waals surface area (Å²) in [5.41, 5.74) is 0. The molecule has 4 fully saturated rings. The SMILES string of the molecule is CC(C)n1nc(C2CCC(C(F)(F)F)CC2)nc1C1[C@H]2CC(N3CCOC[C@H]3C)C[C@@H]12. The lowest BCUT2D eigenvalue weighted by atomic mass is 9.81. The van der Waals surface area contributed by atoms with Gasteiger partial charge in [-0.1, -0.05) is 0 Å². The van der Waals surface area contributed by atoms with Crippen molar-refractivity contribution < 1.29 is 17.9 Å². The fourth-order valence-electron chi connectivity index (χ4n) is 6.56. The second-order valence-electron chi connectivity index (χ2n) is 10.6. The largest absolute Gasteiger partial charge is 0.391 e. The maximum absolute atomic E-state index is 13.0. The molecule has 8 heteroatoms. The van der Waals surface area contributed by atoms with Gasteiger partial charge in [0, 0.05) is 36.5 Å². The lowest BCUT2D eigenvalue weighted by Gasteiger charge is -2.38. The first-order valence-corrected chi connectivity index (χ1v) is 12.1. The fraction of sp³-hybridized carbons (Fsp3) is 0.913. The number of rotatable bonds is 4. The zero-order chi connectivity index (χ0) is 21.9. The Labute approximate surface area is 182 Å². The molecule has 0 aromatic carbocycles. The normalized spacial score (nSPS) is 39.1. The Morgan fingerprint density at radius 1 is 1.06 bits per heavy atom. The number of fused-ring (bicyclic) bond motifs is 1. The van der Waals surface area contributed by atoms with Crippen molar-refractivity contribution in [3.63, 3.8) is 0 Å². The summed E-state index contributed by atoms with van der Waals surface area (Å²) in [6.07, 6.45) is -0.143. The Bertz CT molecular complexity index is 774. The summed E-state index contributed by atoms with van der Waals surface area (Å²) in [5, 5.41) is 4.83. The van der Waals surface area contributed by atoms with Gasteiger partial charge in [-0.05, 0) is 71.1 Å². The highest BCUT2D eigenvalue weighted by atomic mass is 19.4. The summed E-state index contributed by atoms with van der Waals surface area (Å²) in [4.78, 5) is 7.61. The van der Waals surface area contributed by atoms with E-state index in [-0.39, 0.29) is 24.8 Å². The summed E-state index contributed by atoms with van der Waals surface area (Å²) >= 11 is 0. The Balaban J connectivity index is 1.26. The molecule has 4 aliphatic rings. The highest BCUT2D eigenvalue weighted by Crippen LogP contribution is 2.64. The van der Waals surface area contributed by atoms with E-state index in [0.717, 1.165) is 31.4 Å². The Hall–Kier alpha value is -1.15. The smallest absolute Gasteiger partial charge is 0.379 e. The summed E-state index contributed by atoms with van der Waals surface area (Å²) in [7, 11) is 0. The molecule has 5 rings (SSSR count). The van der Waals surface area contributed by atoms with Gasteiger partial charge in [0.05, 0.1) is 19.1 Å². The summed E-state index contributed by atoms with van der Waals surface area (Å²) in [6, 6.07) is 1.37. The van der Waals surface area contributed by atoms with Gasteiger partial charge in [0.1, 0.15) is 5.82 Å². The molecule has 2 unspecified atom stereocenters. The van der Waals surface area contributed by atoms with Crippen LogP contribution >= 0.6 is 0 Å². The van der Waals surface area contributed by atoms with Crippen molar-refractivity contribution in [2.75, 3.05) is 19.8 Å². The van der Waals surface area contributed by atoms with Gasteiger partial charge in [-0.25, -0.2) is 9.67 Å². The Morgan fingerprint density at radius 2 is 1.74 bits per heavy atom. The molecule has 0 amide bonds. The highest BCUT2D eigenvalue weighted by molar-refractivity contribution is 5.22. The molecule has 3 aliphatic carbocycles. The van der Waals surface area contributed by atoms with Gasteiger partial charge < -0.3 is 4.74 Å². The predicted octanol–water partition coefficient (Wildman–Crippen LogP) is 4.91. The number of halogens is 3. The molecule has 2 heterocycles. The third-order valence-electron chi connectivity index (χ3n) is 8.32. The van der Waals surface area contributed by atoms with E-state index in [0.29, 0.717) is 42.7 Å². The van der Waals surface area contributed by atoms with Crippen LogP contribution in [0.4, 0.5) is 13.2 Å². The quantitative estimate of drug-likeness (QED) is 0.667. The monoisotopic (exact) mass is 440 g/mol. The standard InChI is InChI=1S/C23H35F3N4O/c1-13(2)30-22(27-21(28-30)15-4-6-16(7-5-15)23(24,25)26)20-18-10-17(11-19(18)20)29-8-9-31-12-14(29)3/h13-20H,4-12H2,1-3H3/t14-,15?,16?,17?,18-,19+,20?/m1/s1. The summed E-state index contributed by atoms with van der Waals surface area (Å²) < 4.78 is 46.8. The van der Waals surface area contributed by atoms with Crippen LogP contribution in [0.1, 0.15) is 88.8 Å². The molecule has 1 aliphatic heterocycles. The minimum absolute atomic E-state index is 0.0675. The van der Waals surface area contributed by atoms with E-state index in [1.807, 2.05) is 0 Å². The van der Waals surface area contributed by atoms with E-state index in [2.05, 4.69) is 30.4 Å². The van der Waals surface area contributed by atoms with Crippen LogP contribution in [0, 0.1) is 17.8 Å². The molecule has 0 N–H and O–H groups in total. The number of morpholine rings is 1. The third kappa shape index (κ3) is 4.03. The first-order chi connectivity index (χ1) is 14.7. The molecule has 5 atom stereocenters. The summed E-state index contributed by atoms with van der Waals surface area (Å²) in [6.45, 7) is 9.20. The first kappa shape index (κ1) is 21.7. The highest BCUT2D eigenvalue weighted by Gasteiger charge is 2.60. The van der Waals surface area contributed by atoms with Gasteiger partial charge in [-0.15, -0.1) is 0 Å². The van der Waals surface area contributed by atoms with E-state index < -0.39 is 12.1 Å². The van der Waals surface area contributed by atoms with Crippen LogP contribution in [0.25, 0.3) is 0 Å². The van der Waals surface area contributed by atoms with E-state index in [1.54, 1.807) is 0 Å². The van der Waals surface area contributed by atoms with Gasteiger partial charge in [0.2, 0.25) is 0 Å². The van der Waals surface area contributed by atoms with Gasteiger partial charge in [-0.3, -0.25) is 4.90 Å². The number of hydrogen-bond acceptors (Lipinski definition) is 4. The zero-order valence-electron chi connectivity index (χ0n) is 18.8. The predicted molar refractivity (Wildman–Crippen MR) is 111 cm³/mol. The molecule has 174 valence electrons. The topological polar surface area (TPSA) is 43.2 Å². The van der Waals surface area contributed by atoms with E-state index in [1.165, 1.54) is 12.8 Å². The minimum atomic E-state index is -4.07. The van der Waals surface area contributed by atoms with Gasteiger partial charge >= 0.3 is 6.18 Å². The van der Waals surface area contributed by atoms with Gasteiger partial charge in [-0.2, -0.15) is 18.3 Å². The van der Waals surface area contributed by atoms with Crippen LogP contribution in [0.15, 0.2) is 0 Å². The lowest BCUT2D eigenvalue weighted by molar-refractivity contribution is -0.182. The summed E-state index contributed by atoms with van der Waals surface area (Å²) in [5.74, 6) is 2.61. The molecule has 0 radical (unpaired) electrons. The maximum atomic E-state index is 13.0. The second kappa shape index (κ2) is 8.01. The molecule has 3 saturated carbocycles. The van der Waals surface area contributed by atoms with Crippen molar-refractivity contribution >= 4 is 0 Å². The van der Waals surface area contributed by atoms with Gasteiger partial charge in [0.15, 0.2) is 5.82 Å². The van der Waals surface area contributed by atoms with Crippen LogP contribution in [0.5, 0.6) is 0 Å². The van der Waals surface area contributed by atoms with Crippen LogP contribution in [-0.4, -0.2) is 57.7 Å². The molecular weight excluding hydrogens is 405 g/mol. The molecule has 5 nitrogen and oxygen atoms in total. The molecule has 1 aromatic heterocycles. The van der Waals surface area contributed by atoms with Crippen LogP contribution in [0.2, 0.25) is 0 Å². The number of hydrogen-bond donors (Lipinski definition) is 0. The Kier molecular flexibility index (Phi) is 5.60. The van der Waals surface area contributed by atoms with Crippen molar-refractivity contribution in [1.29, 1.82) is 0 Å². The molecule has 1 saturated heterocycles. The van der Waals surface area contributed by atoms with Crippen LogP contribution in [0.3, 0.4) is 0 Å². The molecule has 1 aromatic rings. The molecule has 0 spiro atoms. The van der Waals surface area contributed by atoms with Crippen molar-refractivity contribution in [2.45, 2.75) is 95.4 Å². The number of ether oxygens (including phenoxy) is 1. The van der Waals surface area contributed by atoms with E-state index >= 15 is 0 Å². The van der Waals surface area contributed by atoms with Crippen LogP contribution in [-0.2, 0) is 4.74 Å². The van der Waals surface area contributed by atoms with Crippen LogP contribution < -0.4 is 0 Å². The third-order valence-corrected chi connectivity index (χ3v) is 8.32. The number of nitrogens with zero attached hydrogens (tertiary/aromatic N) is 4. The average molecular weight is 441 g/mol. The van der Waals surface area contributed by atoms with Crippen molar-refractivity contribution in [3.8, 4) is 0 Å². The van der Waals surface area contributed by atoms with Crippen molar-refractivity contribution in [1.82, 2.24) is 19.7 Å². The fourth-order valence-corrected chi connectivity index (χ4v) is 6.56. The van der Waals surface area contributed by atoms with E-state index in [9.17, 15) is 13.2 Å². The number of alkyl halides is 3.